The molecule has 166 valence electrons. The number of furan rings is 1. The molecule has 6 nitrogen and oxygen atoms in total. The van der Waals surface area contributed by atoms with Crippen LogP contribution < -0.4 is 10.9 Å². The topological polar surface area (TPSA) is 87.3 Å². The van der Waals surface area contributed by atoms with Crippen molar-refractivity contribution in [2.75, 3.05) is 5.32 Å². The molecule has 2 aromatic carbocycles. The quantitative estimate of drug-likeness (QED) is 0.291. The van der Waals surface area contributed by atoms with Gasteiger partial charge < -0.3 is 14.3 Å². The number of Topliss-reactive ketones (excluding diaryl/α,β-unsaturated/α-hetero) is 1. The van der Waals surface area contributed by atoms with E-state index >= 15 is 0 Å². The zero-order chi connectivity index (χ0) is 23.2. The van der Waals surface area contributed by atoms with E-state index in [0.29, 0.717) is 16.7 Å². The number of hydrogen-bond acceptors (Lipinski definition) is 5. The van der Waals surface area contributed by atoms with Gasteiger partial charge in [-0.2, -0.15) is 13.2 Å². The van der Waals surface area contributed by atoms with Gasteiger partial charge in [0.05, 0.1) is 23.1 Å². The predicted octanol–water partition coefficient (Wildman–Crippen LogP) is 5.97. The number of carbonyl (C=O) groups excluding carboxylic acids is 1. The van der Waals surface area contributed by atoms with Gasteiger partial charge in [-0.1, -0.05) is 0 Å². The fourth-order valence-electron chi connectivity index (χ4n) is 3.36. The molecule has 0 fully saturated rings. The molecule has 10 heteroatoms. The molecule has 0 aliphatic rings. The number of benzene rings is 2. The highest BCUT2D eigenvalue weighted by molar-refractivity contribution is 7.24. The van der Waals surface area contributed by atoms with Crippen molar-refractivity contribution < 1.29 is 26.9 Å². The van der Waals surface area contributed by atoms with Crippen LogP contribution in [0, 0.1) is 0 Å². The lowest BCUT2D eigenvalue weighted by Gasteiger charge is -2.08. The number of fused-ring (bicyclic) bond motifs is 1. The third kappa shape index (κ3) is 3.82. The van der Waals surface area contributed by atoms with Crippen LogP contribution in [0.25, 0.3) is 21.4 Å². The van der Waals surface area contributed by atoms with Gasteiger partial charge in [-0.05, 0) is 55.5 Å². The van der Waals surface area contributed by atoms with E-state index in [4.69, 9.17) is 4.42 Å². The number of hydrogen-bond donors (Lipinski definition) is 1. The van der Waals surface area contributed by atoms with Crippen LogP contribution in [-0.4, -0.2) is 14.3 Å². The van der Waals surface area contributed by atoms with E-state index in [0.717, 1.165) is 16.1 Å². The number of anilines is 2. The lowest BCUT2D eigenvalue weighted by molar-refractivity contribution is -0.137. The maximum Gasteiger partial charge on any atom is 0.416 e. The van der Waals surface area contributed by atoms with Gasteiger partial charge in [-0.3, -0.25) is 9.59 Å². The van der Waals surface area contributed by atoms with Crippen LogP contribution in [0.4, 0.5) is 24.5 Å². The molecule has 32 heavy (non-hydrogen) atoms. The van der Waals surface area contributed by atoms with Crippen LogP contribution >= 0.6 is 10.9 Å². The molecule has 0 bridgehead atoms. The molecule has 0 aliphatic carbocycles. The van der Waals surface area contributed by atoms with Crippen LogP contribution in [0.15, 0.2) is 57.7 Å². The lowest BCUT2D eigenvalue weighted by atomic mass is 10.1. The zero-order valence-electron chi connectivity index (χ0n) is 16.9. The first kappa shape index (κ1) is 21.8. The highest BCUT2D eigenvalue weighted by atomic mass is 32.2. The standard InChI is InChI=1S/C22H17F3N2O4S/c1-3-27-21(29)19(20(32(27)30)13-4-6-15(7-5-13)22(23,24)25)26-16-8-9-17-14(10-16)11-18(31-17)12(2)28/h4-11,26H,3H2,1-2H3. The minimum absolute atomic E-state index is 0.0135. The fourth-order valence-corrected chi connectivity index (χ4v) is 4.71. The van der Waals surface area contributed by atoms with E-state index in [1.807, 2.05) is 0 Å². The Bertz CT molecular complexity index is 1380. The Labute approximate surface area is 182 Å². The lowest BCUT2D eigenvalue weighted by Crippen LogP contribution is -2.15. The van der Waals surface area contributed by atoms with Gasteiger partial charge in [0, 0.05) is 23.6 Å². The molecule has 0 saturated heterocycles. The first-order chi connectivity index (χ1) is 15.1. The third-order valence-corrected chi connectivity index (χ3v) is 6.55. The fraction of sp³-hybridized carbons (Fsp3) is 0.182. The summed E-state index contributed by atoms with van der Waals surface area (Å²) < 4.78 is 58.3. The molecule has 1 unspecified atom stereocenters. The largest absolute Gasteiger partial charge is 0.570 e. The smallest absolute Gasteiger partial charge is 0.416 e. The molecule has 4 rings (SSSR count). The monoisotopic (exact) mass is 462 g/mol. The van der Waals surface area contributed by atoms with Crippen molar-refractivity contribution in [2.24, 2.45) is 0 Å². The second-order valence-electron chi connectivity index (χ2n) is 7.07. The Morgan fingerprint density at radius 1 is 1.16 bits per heavy atom. The molecule has 4 aromatic rings. The molecule has 2 heterocycles. The van der Waals surface area contributed by atoms with Crippen molar-refractivity contribution in [1.29, 1.82) is 0 Å². The maximum absolute atomic E-state index is 13.0. The Kier molecular flexibility index (Phi) is 5.43. The minimum Gasteiger partial charge on any atom is -0.570 e. The van der Waals surface area contributed by atoms with Crippen molar-refractivity contribution in [3.8, 4) is 10.4 Å². The van der Waals surface area contributed by atoms with Crippen molar-refractivity contribution >= 4 is 39.1 Å². The van der Waals surface area contributed by atoms with E-state index in [9.17, 15) is 27.3 Å². The maximum atomic E-state index is 13.0. The van der Waals surface area contributed by atoms with Crippen molar-refractivity contribution in [2.45, 2.75) is 26.6 Å². The highest BCUT2D eigenvalue weighted by Gasteiger charge is 2.32. The van der Waals surface area contributed by atoms with Crippen LogP contribution in [-0.2, 0) is 12.7 Å². The van der Waals surface area contributed by atoms with Gasteiger partial charge >= 0.3 is 11.7 Å². The van der Waals surface area contributed by atoms with Gasteiger partial charge in [0.15, 0.2) is 17.2 Å². The molecule has 0 radical (unpaired) electrons. The number of aromatic nitrogens is 1. The Balaban J connectivity index is 1.80. The first-order valence-electron chi connectivity index (χ1n) is 9.57. The molecule has 1 N–H and O–H groups in total. The van der Waals surface area contributed by atoms with E-state index in [1.54, 1.807) is 31.2 Å². The number of rotatable bonds is 5. The predicted molar refractivity (Wildman–Crippen MR) is 115 cm³/mol. The summed E-state index contributed by atoms with van der Waals surface area (Å²) in [4.78, 5) is 24.5. The second-order valence-corrected chi connectivity index (χ2v) is 8.42. The van der Waals surface area contributed by atoms with Gasteiger partial charge in [0.2, 0.25) is 4.88 Å². The van der Waals surface area contributed by atoms with Gasteiger partial charge in [-0.15, -0.1) is 3.96 Å². The third-order valence-electron chi connectivity index (χ3n) is 4.94. The first-order valence-corrected chi connectivity index (χ1v) is 10.7. The number of nitrogens with one attached hydrogen (secondary N) is 1. The molecular weight excluding hydrogens is 445 g/mol. The van der Waals surface area contributed by atoms with Gasteiger partial charge in [0.1, 0.15) is 5.58 Å². The number of halogens is 3. The van der Waals surface area contributed by atoms with Crippen molar-refractivity contribution in [3.63, 3.8) is 0 Å². The molecule has 2 aromatic heterocycles. The van der Waals surface area contributed by atoms with Crippen LogP contribution in [0.3, 0.4) is 0 Å². The number of nitrogens with zero attached hydrogens (tertiary/aromatic N) is 1. The number of carbonyl (C=O) groups is 1. The SMILES string of the molecule is CCn1c(=O)c(Nc2ccc3oc(C(C)=O)cc3c2)c(-c2ccc(C(F)(F)F)cc2)[s+]1[O-]. The van der Waals surface area contributed by atoms with E-state index in [1.165, 1.54) is 19.1 Å². The number of alkyl halides is 3. The summed E-state index contributed by atoms with van der Waals surface area (Å²) in [5, 5.41) is 3.58. The van der Waals surface area contributed by atoms with E-state index in [-0.39, 0.29) is 34.2 Å². The van der Waals surface area contributed by atoms with Gasteiger partial charge in [-0.25, -0.2) is 0 Å². The minimum atomic E-state index is -4.51. The number of ketones is 1. The summed E-state index contributed by atoms with van der Waals surface area (Å²) in [5.74, 6) is -0.0417. The summed E-state index contributed by atoms with van der Waals surface area (Å²) in [6.07, 6.45) is -4.51. The average Bonchev–Trinajstić information content (AvgIpc) is 3.26. The average molecular weight is 462 g/mol. The van der Waals surface area contributed by atoms with E-state index < -0.39 is 28.2 Å². The molecular formula is C22H17F3N2O4S. The van der Waals surface area contributed by atoms with Crippen LogP contribution in [0.5, 0.6) is 0 Å². The molecule has 0 aliphatic heterocycles. The molecule has 1 atom stereocenters. The Morgan fingerprint density at radius 3 is 2.44 bits per heavy atom. The van der Waals surface area contributed by atoms with Crippen molar-refractivity contribution in [3.05, 3.63) is 70.2 Å². The van der Waals surface area contributed by atoms with Crippen molar-refractivity contribution in [1.82, 2.24) is 3.96 Å². The molecule has 0 spiro atoms. The molecule has 0 amide bonds. The second kappa shape index (κ2) is 7.95. The normalized spacial score (nSPS) is 12.4. The molecule has 0 saturated carbocycles. The van der Waals surface area contributed by atoms with Crippen LogP contribution in [0.2, 0.25) is 0 Å². The van der Waals surface area contributed by atoms with E-state index in [2.05, 4.69) is 5.32 Å². The summed E-state index contributed by atoms with van der Waals surface area (Å²) in [6, 6.07) is 10.6. The van der Waals surface area contributed by atoms with Crippen LogP contribution in [0.1, 0.15) is 30.0 Å². The van der Waals surface area contributed by atoms with Gasteiger partial charge in [0.25, 0.3) is 0 Å². The summed E-state index contributed by atoms with van der Waals surface area (Å²) >= 11 is 0. The summed E-state index contributed by atoms with van der Waals surface area (Å²) in [7, 11) is -1.88. The Hall–Kier alpha value is -3.37. The highest BCUT2D eigenvalue weighted by Crippen LogP contribution is 2.39. The summed E-state index contributed by atoms with van der Waals surface area (Å²) in [6.45, 7) is 3.19. The zero-order valence-corrected chi connectivity index (χ0v) is 17.8. The Morgan fingerprint density at radius 2 is 1.84 bits per heavy atom. The summed E-state index contributed by atoms with van der Waals surface area (Å²) in [5.41, 5.74) is -0.167.